The number of ether oxygens (including phenoxy) is 3. The van der Waals surface area contributed by atoms with E-state index in [0.717, 1.165) is 0 Å². The number of hydrogen-bond acceptors (Lipinski definition) is 12. The van der Waals surface area contributed by atoms with Crippen molar-refractivity contribution in [3.05, 3.63) is 51.6 Å². The number of aliphatic hydroxyl groups is 3. The average Bonchev–Trinajstić information content (AvgIpc) is 2.93. The number of Topliss-reactive ketones (excluding diaryl/α,β-unsaturated/α-hetero) is 1. The van der Waals surface area contributed by atoms with E-state index in [-0.39, 0.29) is 54.0 Å². The third-order valence-corrected chi connectivity index (χ3v) is 8.27. The summed E-state index contributed by atoms with van der Waals surface area (Å²) >= 11 is 0. The molecule has 2 aromatic rings. The standard InChI is InChI=1S/C29H33NO11/c1-12-24(33)16(30-7-8-31)9-19(40-12)41-18-11-29(38,13(2)32)10-15-21(18)28(37)23-22(26(15)35)25(34)14-5-4-6-17(39-3)20(14)27(23)36/h4-6,12,16,18-19,24,30-31,33,35,37-38H,7-11H2,1-3H3/t12?,16?,18-,19?,24?,29-/m0/s1. The second-order valence-electron chi connectivity index (χ2n) is 10.8. The number of fused-ring (bicyclic) bond motifs is 3. The Balaban J connectivity index is 1.63. The fourth-order valence-electron chi connectivity index (χ4n) is 6.08. The maximum absolute atomic E-state index is 13.7. The highest BCUT2D eigenvalue weighted by Crippen LogP contribution is 2.52. The molecular formula is C29H33NO11. The molecule has 6 N–H and O–H groups in total. The number of methoxy groups -OCH3 is 1. The molecule has 1 saturated heterocycles. The van der Waals surface area contributed by atoms with Crippen LogP contribution in [0.2, 0.25) is 0 Å². The van der Waals surface area contributed by atoms with Gasteiger partial charge in [-0.15, -0.1) is 0 Å². The number of nitrogens with one attached hydrogen (secondary N) is 1. The van der Waals surface area contributed by atoms with Crippen molar-refractivity contribution in [2.75, 3.05) is 20.3 Å². The van der Waals surface area contributed by atoms with Crippen LogP contribution >= 0.6 is 0 Å². The highest BCUT2D eigenvalue weighted by molar-refractivity contribution is 6.31. The lowest BCUT2D eigenvalue weighted by Gasteiger charge is -2.43. The van der Waals surface area contributed by atoms with Gasteiger partial charge in [0, 0.05) is 48.5 Å². The number of aliphatic hydroxyl groups excluding tert-OH is 2. The number of rotatable bonds is 7. The van der Waals surface area contributed by atoms with Crippen LogP contribution in [0.25, 0.3) is 0 Å². The van der Waals surface area contributed by atoms with Gasteiger partial charge in [0.25, 0.3) is 0 Å². The molecule has 220 valence electrons. The number of ketones is 3. The second kappa shape index (κ2) is 10.8. The molecule has 1 fully saturated rings. The molecule has 12 nitrogen and oxygen atoms in total. The van der Waals surface area contributed by atoms with Crippen molar-refractivity contribution >= 4 is 17.3 Å². The van der Waals surface area contributed by atoms with Gasteiger partial charge in [0.05, 0.1) is 48.7 Å². The maximum Gasteiger partial charge on any atom is 0.202 e. The van der Waals surface area contributed by atoms with E-state index in [1.54, 1.807) is 6.92 Å². The van der Waals surface area contributed by atoms with Gasteiger partial charge in [0.1, 0.15) is 22.8 Å². The normalized spacial score (nSPS) is 29.0. The van der Waals surface area contributed by atoms with Gasteiger partial charge < -0.3 is 45.1 Å². The summed E-state index contributed by atoms with van der Waals surface area (Å²) in [4.78, 5) is 39.9. The SMILES string of the molecule is COc1cccc2c1C(=O)c1c(O)c3c(c(O)c1C2=O)C[C@@](O)(C(C)=O)C[C@@H]3OC1CC(NCCO)C(O)C(C)O1. The molecule has 2 aliphatic carbocycles. The first kappa shape index (κ1) is 29.1. The minimum atomic E-state index is -2.02. The van der Waals surface area contributed by atoms with Crippen LogP contribution in [0.4, 0.5) is 0 Å². The number of phenolic OH excluding ortho intramolecular Hbond substituents is 2. The molecule has 1 aliphatic heterocycles. The molecular weight excluding hydrogens is 538 g/mol. The van der Waals surface area contributed by atoms with E-state index in [0.29, 0.717) is 0 Å². The summed E-state index contributed by atoms with van der Waals surface area (Å²) in [5.41, 5.74) is -3.11. The molecule has 0 amide bonds. The van der Waals surface area contributed by atoms with Gasteiger partial charge in [0.2, 0.25) is 5.78 Å². The Morgan fingerprint density at radius 3 is 2.51 bits per heavy atom. The first-order valence-corrected chi connectivity index (χ1v) is 13.4. The smallest absolute Gasteiger partial charge is 0.202 e. The molecule has 3 aliphatic rings. The lowest BCUT2D eigenvalue weighted by molar-refractivity contribution is -0.249. The van der Waals surface area contributed by atoms with Crippen LogP contribution in [0.1, 0.15) is 75.8 Å². The summed E-state index contributed by atoms with van der Waals surface area (Å²) in [6.07, 6.45) is -4.54. The molecule has 1 heterocycles. The Morgan fingerprint density at radius 2 is 1.85 bits per heavy atom. The lowest BCUT2D eigenvalue weighted by Crippen LogP contribution is -2.55. The van der Waals surface area contributed by atoms with Crippen molar-refractivity contribution in [1.29, 1.82) is 0 Å². The summed E-state index contributed by atoms with van der Waals surface area (Å²) in [5, 5.41) is 57.0. The van der Waals surface area contributed by atoms with Gasteiger partial charge in [-0.3, -0.25) is 14.4 Å². The summed E-state index contributed by atoms with van der Waals surface area (Å²) in [5.74, 6) is -3.23. The average molecular weight is 572 g/mol. The lowest BCUT2D eigenvalue weighted by atomic mass is 9.72. The predicted octanol–water partition coefficient (Wildman–Crippen LogP) is 0.652. The molecule has 41 heavy (non-hydrogen) atoms. The topological polar surface area (TPSA) is 192 Å². The van der Waals surface area contributed by atoms with E-state index in [1.807, 2.05) is 0 Å². The molecule has 2 aromatic carbocycles. The minimum Gasteiger partial charge on any atom is -0.507 e. The number of carbonyl (C=O) groups excluding carboxylic acids is 3. The van der Waals surface area contributed by atoms with E-state index in [4.69, 9.17) is 14.2 Å². The van der Waals surface area contributed by atoms with Crippen molar-refractivity contribution in [3.8, 4) is 17.2 Å². The number of phenols is 2. The Morgan fingerprint density at radius 1 is 1.15 bits per heavy atom. The van der Waals surface area contributed by atoms with Gasteiger partial charge in [-0.2, -0.15) is 0 Å². The van der Waals surface area contributed by atoms with Crippen molar-refractivity contribution in [2.45, 2.75) is 69.4 Å². The Hall–Kier alpha value is -3.39. The van der Waals surface area contributed by atoms with Crippen molar-refractivity contribution in [3.63, 3.8) is 0 Å². The van der Waals surface area contributed by atoms with Crippen LogP contribution in [0.5, 0.6) is 17.2 Å². The number of carbonyl (C=O) groups is 3. The minimum absolute atomic E-state index is 0.0217. The second-order valence-corrected chi connectivity index (χ2v) is 10.8. The third-order valence-electron chi connectivity index (χ3n) is 8.27. The monoisotopic (exact) mass is 571 g/mol. The van der Waals surface area contributed by atoms with Crippen LogP contribution < -0.4 is 10.1 Å². The fraction of sp³-hybridized carbons (Fsp3) is 0.483. The van der Waals surface area contributed by atoms with Crippen molar-refractivity contribution in [1.82, 2.24) is 5.32 Å². The third kappa shape index (κ3) is 4.70. The first-order valence-electron chi connectivity index (χ1n) is 13.4. The van der Waals surface area contributed by atoms with Gasteiger partial charge in [-0.05, 0) is 19.9 Å². The molecule has 0 radical (unpaired) electrons. The summed E-state index contributed by atoms with van der Waals surface area (Å²) in [6, 6.07) is 3.90. The van der Waals surface area contributed by atoms with E-state index >= 15 is 0 Å². The molecule has 12 heteroatoms. The Bertz CT molecular complexity index is 1420. The highest BCUT2D eigenvalue weighted by Gasteiger charge is 2.49. The first-order chi connectivity index (χ1) is 19.4. The number of benzene rings is 2. The van der Waals surface area contributed by atoms with E-state index < -0.39 is 82.6 Å². The zero-order valence-corrected chi connectivity index (χ0v) is 22.8. The highest BCUT2D eigenvalue weighted by atomic mass is 16.7. The Labute approximate surface area is 235 Å². The summed E-state index contributed by atoms with van der Waals surface area (Å²) in [6.45, 7) is 2.85. The van der Waals surface area contributed by atoms with E-state index in [9.17, 15) is 39.9 Å². The predicted molar refractivity (Wildman–Crippen MR) is 141 cm³/mol. The van der Waals surface area contributed by atoms with Gasteiger partial charge >= 0.3 is 0 Å². The molecule has 4 unspecified atom stereocenters. The molecule has 0 saturated carbocycles. The zero-order valence-electron chi connectivity index (χ0n) is 22.8. The Kier molecular flexibility index (Phi) is 7.66. The molecule has 6 atom stereocenters. The van der Waals surface area contributed by atoms with Crippen LogP contribution in [-0.2, 0) is 20.7 Å². The van der Waals surface area contributed by atoms with Crippen LogP contribution in [0.15, 0.2) is 18.2 Å². The largest absolute Gasteiger partial charge is 0.507 e. The van der Waals surface area contributed by atoms with Crippen LogP contribution in [0, 0.1) is 0 Å². The quantitative estimate of drug-likeness (QED) is 0.217. The zero-order chi connectivity index (χ0) is 29.8. The summed E-state index contributed by atoms with van der Waals surface area (Å²) < 4.78 is 17.3. The fourth-order valence-corrected chi connectivity index (χ4v) is 6.08. The summed E-state index contributed by atoms with van der Waals surface area (Å²) in [7, 11) is 1.34. The van der Waals surface area contributed by atoms with Crippen molar-refractivity contribution < 1.29 is 54.1 Å². The van der Waals surface area contributed by atoms with E-state index in [2.05, 4.69) is 5.32 Å². The van der Waals surface area contributed by atoms with Gasteiger partial charge in [-0.1, -0.05) is 12.1 Å². The molecule has 0 spiro atoms. The van der Waals surface area contributed by atoms with Crippen molar-refractivity contribution in [2.24, 2.45) is 0 Å². The van der Waals surface area contributed by atoms with Crippen LogP contribution in [-0.4, -0.2) is 93.3 Å². The van der Waals surface area contributed by atoms with Crippen LogP contribution in [0.3, 0.4) is 0 Å². The maximum atomic E-state index is 13.7. The molecule has 0 aromatic heterocycles. The van der Waals surface area contributed by atoms with Gasteiger partial charge in [0.15, 0.2) is 17.9 Å². The molecule has 5 rings (SSSR count). The number of aromatic hydroxyl groups is 2. The van der Waals surface area contributed by atoms with Gasteiger partial charge in [-0.25, -0.2) is 0 Å². The molecule has 0 bridgehead atoms. The van der Waals surface area contributed by atoms with E-state index in [1.165, 1.54) is 32.2 Å². The number of hydrogen-bond donors (Lipinski definition) is 6.